The SMILES string of the molecule is CCCC(=O)OC1CS[C@@H]2c3c(OC(C)=O)c(C)c4c(c3[C@H](COC1=O)N1C2[C@H]2c3c(cc(C)c(OC)c3O)C[C@@H]([C@@H]1O)N2C)OCO4. The molecule has 6 aliphatic rings. The standard InChI is InChI=1S/C34H40N2O11S/c1-7-8-21(38)47-20-12-48-32-24-23(31-30(44-13-45-31)15(3)29(24)46-16(4)37)19(11-43-34(20)41)36-26(32)25-22-17(10-18(33(36)40)35(25)5)9-14(2)28(42-6)27(22)39/h9,18-20,25-26,32-33,39-40H,7-8,10-13H2,1-6H3/t18-,19-,20?,25+,26?,32+,33-/m0/s1. The average molecular weight is 685 g/mol. The van der Waals surface area contributed by atoms with E-state index in [1.807, 2.05) is 31.9 Å². The van der Waals surface area contributed by atoms with Crippen LogP contribution in [-0.2, 0) is 30.3 Å². The van der Waals surface area contributed by atoms with E-state index in [-0.39, 0.29) is 37.4 Å². The van der Waals surface area contributed by atoms with E-state index in [9.17, 15) is 24.6 Å². The molecule has 0 spiro atoms. The molecule has 2 N–H and O–H groups in total. The van der Waals surface area contributed by atoms with Crippen LogP contribution < -0.4 is 18.9 Å². The lowest BCUT2D eigenvalue weighted by Crippen LogP contribution is -2.69. The van der Waals surface area contributed by atoms with E-state index >= 15 is 0 Å². The molecule has 13 nitrogen and oxygen atoms in total. The van der Waals surface area contributed by atoms with Gasteiger partial charge in [0.1, 0.15) is 18.6 Å². The maximum Gasteiger partial charge on any atom is 0.348 e. The minimum atomic E-state index is -1.19. The van der Waals surface area contributed by atoms with Gasteiger partial charge >= 0.3 is 17.9 Å². The van der Waals surface area contributed by atoms with Gasteiger partial charge in [-0.15, -0.1) is 11.8 Å². The van der Waals surface area contributed by atoms with Gasteiger partial charge in [0, 0.05) is 47.4 Å². The normalized spacial score (nSPS) is 28.9. The Morgan fingerprint density at radius 3 is 2.56 bits per heavy atom. The molecule has 2 aromatic carbocycles. The first-order valence-electron chi connectivity index (χ1n) is 16.2. The number of phenols is 1. The second-order valence-electron chi connectivity index (χ2n) is 12.9. The summed E-state index contributed by atoms with van der Waals surface area (Å²) in [5.74, 6) is -0.160. The van der Waals surface area contributed by atoms with E-state index in [2.05, 4.69) is 4.90 Å². The summed E-state index contributed by atoms with van der Waals surface area (Å²) < 4.78 is 35.2. The van der Waals surface area contributed by atoms with Crippen molar-refractivity contribution in [2.45, 2.75) is 88.7 Å². The lowest BCUT2D eigenvalue weighted by atomic mass is 9.73. The summed E-state index contributed by atoms with van der Waals surface area (Å²) >= 11 is 1.34. The highest BCUT2D eigenvalue weighted by atomic mass is 32.2. The van der Waals surface area contributed by atoms with Crippen LogP contribution in [0.25, 0.3) is 0 Å². The predicted octanol–water partition coefficient (Wildman–Crippen LogP) is 3.37. The molecule has 14 heteroatoms. The van der Waals surface area contributed by atoms with Crippen LogP contribution in [0.4, 0.5) is 0 Å². The number of benzene rings is 2. The highest BCUT2D eigenvalue weighted by molar-refractivity contribution is 7.99. The summed E-state index contributed by atoms with van der Waals surface area (Å²) in [5, 5.41) is 23.5. The van der Waals surface area contributed by atoms with Crippen LogP contribution in [0.1, 0.15) is 77.4 Å². The van der Waals surface area contributed by atoms with Crippen LogP contribution in [0.3, 0.4) is 0 Å². The Morgan fingerprint density at radius 1 is 1.10 bits per heavy atom. The fourth-order valence-corrected chi connectivity index (χ4v) is 9.74. The molecule has 0 amide bonds. The number of fused-ring (bicyclic) bond motifs is 10. The number of hydrogen-bond acceptors (Lipinski definition) is 14. The number of likely N-dealkylation sites (N-methyl/N-ethyl adjacent to an activating group) is 1. The first-order valence-corrected chi connectivity index (χ1v) is 17.2. The van der Waals surface area contributed by atoms with Crippen molar-refractivity contribution in [2.75, 3.05) is 33.3 Å². The topological polar surface area (TPSA) is 154 Å². The van der Waals surface area contributed by atoms with Gasteiger partial charge in [0.25, 0.3) is 0 Å². The van der Waals surface area contributed by atoms with Gasteiger partial charge in [-0.2, -0.15) is 0 Å². The van der Waals surface area contributed by atoms with Crippen LogP contribution in [-0.4, -0.2) is 95.6 Å². The molecule has 4 bridgehead atoms. The molecule has 0 saturated carbocycles. The molecule has 6 heterocycles. The number of carbonyl (C=O) groups excluding carboxylic acids is 3. The zero-order chi connectivity index (χ0) is 34.2. The Kier molecular flexibility index (Phi) is 8.41. The molecule has 7 atom stereocenters. The number of thioether (sulfide) groups is 1. The molecule has 2 unspecified atom stereocenters. The largest absolute Gasteiger partial charge is 0.504 e. The van der Waals surface area contributed by atoms with Crippen molar-refractivity contribution in [3.63, 3.8) is 0 Å². The molecule has 0 aromatic heterocycles. The number of ether oxygens (including phenoxy) is 6. The smallest absolute Gasteiger partial charge is 0.348 e. The molecule has 0 radical (unpaired) electrons. The van der Waals surface area contributed by atoms with Crippen molar-refractivity contribution >= 4 is 29.7 Å². The van der Waals surface area contributed by atoms with Crippen LogP contribution in [0.5, 0.6) is 28.7 Å². The van der Waals surface area contributed by atoms with Gasteiger partial charge in [-0.25, -0.2) is 4.79 Å². The third-order valence-corrected chi connectivity index (χ3v) is 11.6. The van der Waals surface area contributed by atoms with Crippen LogP contribution in [0.2, 0.25) is 0 Å². The fourth-order valence-electron chi connectivity index (χ4n) is 8.26. The monoisotopic (exact) mass is 684 g/mol. The molecule has 2 fully saturated rings. The molecular weight excluding hydrogens is 644 g/mol. The molecular formula is C34H40N2O11S. The number of aliphatic hydroxyl groups is 1. The third kappa shape index (κ3) is 4.90. The number of carbonyl (C=O) groups is 3. The number of piperazine rings is 1. The molecule has 258 valence electrons. The highest BCUT2D eigenvalue weighted by Crippen LogP contribution is 2.63. The fraction of sp³-hybridized carbons (Fsp3) is 0.559. The van der Waals surface area contributed by atoms with Crippen LogP contribution >= 0.6 is 11.8 Å². The highest BCUT2D eigenvalue weighted by Gasteiger charge is 2.60. The average Bonchev–Trinajstić information content (AvgIpc) is 3.53. The number of rotatable bonds is 5. The Labute approximate surface area is 282 Å². The number of aliphatic hydroxyl groups excluding tert-OH is 1. The van der Waals surface area contributed by atoms with E-state index in [1.54, 1.807) is 6.92 Å². The second-order valence-corrected chi connectivity index (χ2v) is 14.1. The van der Waals surface area contributed by atoms with E-state index in [0.717, 1.165) is 11.1 Å². The van der Waals surface area contributed by atoms with Gasteiger partial charge in [0.05, 0.1) is 30.5 Å². The van der Waals surface area contributed by atoms with E-state index in [4.69, 9.17) is 28.4 Å². The van der Waals surface area contributed by atoms with Crippen molar-refractivity contribution in [2.24, 2.45) is 0 Å². The summed E-state index contributed by atoms with van der Waals surface area (Å²) in [7, 11) is 3.44. The number of aromatic hydroxyl groups is 1. The Bertz CT molecular complexity index is 1700. The number of nitrogens with zero attached hydrogens (tertiary/aromatic N) is 2. The molecule has 48 heavy (non-hydrogen) atoms. The second kappa shape index (κ2) is 12.3. The Hall–Kier alpha value is -3.72. The lowest BCUT2D eigenvalue weighted by Gasteiger charge is -2.62. The number of methoxy groups -OCH3 is 1. The molecule has 8 rings (SSSR count). The van der Waals surface area contributed by atoms with E-state index < -0.39 is 53.6 Å². The van der Waals surface area contributed by atoms with Gasteiger partial charge in [-0.05, 0) is 44.9 Å². The third-order valence-electron chi connectivity index (χ3n) is 10.2. The van der Waals surface area contributed by atoms with Crippen molar-refractivity contribution in [1.82, 2.24) is 9.80 Å². The van der Waals surface area contributed by atoms with Crippen molar-refractivity contribution < 1.29 is 53.0 Å². The Morgan fingerprint density at radius 2 is 1.85 bits per heavy atom. The van der Waals surface area contributed by atoms with Crippen LogP contribution in [0.15, 0.2) is 6.07 Å². The summed E-state index contributed by atoms with van der Waals surface area (Å²) in [6.45, 7) is 6.55. The lowest BCUT2D eigenvalue weighted by molar-refractivity contribution is -0.188. The van der Waals surface area contributed by atoms with Gasteiger partial charge in [-0.3, -0.25) is 19.4 Å². The number of esters is 3. The quantitative estimate of drug-likeness (QED) is 0.350. The summed E-state index contributed by atoms with van der Waals surface area (Å²) in [4.78, 5) is 42.8. The molecule has 2 saturated heterocycles. The van der Waals surface area contributed by atoms with Gasteiger partial charge in [0.2, 0.25) is 12.9 Å². The number of phenolic OH excluding ortho intramolecular Hbond substituents is 1. The Balaban J connectivity index is 1.49. The van der Waals surface area contributed by atoms with E-state index in [0.29, 0.717) is 58.1 Å². The summed E-state index contributed by atoms with van der Waals surface area (Å²) in [6.07, 6.45) is -1.08. The number of hydrogen-bond donors (Lipinski definition) is 2. The minimum Gasteiger partial charge on any atom is -0.504 e. The molecule has 0 aliphatic carbocycles. The summed E-state index contributed by atoms with van der Waals surface area (Å²) in [5.41, 5.74) is 4.16. The van der Waals surface area contributed by atoms with Crippen molar-refractivity contribution in [1.29, 1.82) is 0 Å². The maximum atomic E-state index is 13.5. The summed E-state index contributed by atoms with van der Waals surface area (Å²) in [6, 6.07) is -0.229. The van der Waals surface area contributed by atoms with Gasteiger partial charge in [-0.1, -0.05) is 13.0 Å². The first kappa shape index (κ1) is 32.8. The zero-order valence-electron chi connectivity index (χ0n) is 27.7. The zero-order valence-corrected chi connectivity index (χ0v) is 28.5. The van der Waals surface area contributed by atoms with Gasteiger partial charge < -0.3 is 38.6 Å². The van der Waals surface area contributed by atoms with Crippen molar-refractivity contribution in [3.05, 3.63) is 39.4 Å². The molecule has 2 aromatic rings. The van der Waals surface area contributed by atoms with Crippen molar-refractivity contribution in [3.8, 4) is 28.7 Å². The minimum absolute atomic E-state index is 0.0203. The first-order chi connectivity index (χ1) is 23.0. The van der Waals surface area contributed by atoms with E-state index in [1.165, 1.54) is 25.8 Å². The number of aryl methyl sites for hydroxylation is 1. The predicted molar refractivity (Wildman–Crippen MR) is 171 cm³/mol. The molecule has 6 aliphatic heterocycles. The van der Waals surface area contributed by atoms with Crippen LogP contribution in [0, 0.1) is 13.8 Å². The van der Waals surface area contributed by atoms with Gasteiger partial charge in [0.15, 0.2) is 23.0 Å². The maximum absolute atomic E-state index is 13.5.